The van der Waals surface area contributed by atoms with E-state index in [1.54, 1.807) is 0 Å². The Bertz CT molecular complexity index is 875. The van der Waals surface area contributed by atoms with Crippen LogP contribution in [-0.2, 0) is 7.05 Å². The number of rotatable bonds is 7. The Morgan fingerprint density at radius 1 is 1.23 bits per heavy atom. The number of para-hydroxylation sites is 1. The number of benzene rings is 1. The van der Waals surface area contributed by atoms with E-state index in [-0.39, 0.29) is 12.4 Å². The molecule has 0 spiro atoms. The van der Waals surface area contributed by atoms with E-state index in [0.717, 1.165) is 46.4 Å². The fraction of sp³-hybridized carbons (Fsp3) is 0.474. The molecule has 1 aromatic carbocycles. The minimum atomic E-state index is -0.432. The van der Waals surface area contributed by atoms with Crippen molar-refractivity contribution in [1.82, 2.24) is 19.7 Å². The molecule has 0 amide bonds. The summed E-state index contributed by atoms with van der Waals surface area (Å²) in [7, 11) is 1.91. The fourth-order valence-electron chi connectivity index (χ4n) is 3.35. The summed E-state index contributed by atoms with van der Waals surface area (Å²) in [5, 5.41) is 20.5. The molecule has 2 N–H and O–H groups in total. The van der Waals surface area contributed by atoms with Gasteiger partial charge in [0.05, 0.1) is 28.4 Å². The van der Waals surface area contributed by atoms with Gasteiger partial charge in [-0.15, -0.1) is 12.4 Å². The lowest BCUT2D eigenvalue weighted by Crippen LogP contribution is -2.36. The van der Waals surface area contributed by atoms with Crippen LogP contribution in [0.25, 0.3) is 21.9 Å². The van der Waals surface area contributed by atoms with Crippen LogP contribution in [0.15, 0.2) is 24.3 Å². The van der Waals surface area contributed by atoms with Crippen molar-refractivity contribution in [3.63, 3.8) is 0 Å². The van der Waals surface area contributed by atoms with Crippen molar-refractivity contribution < 1.29 is 5.11 Å². The Balaban J connectivity index is 0.00000243. The number of hydrogen-bond donors (Lipinski definition) is 2. The molecule has 0 aliphatic carbocycles. The number of fused-ring (bicyclic) bond motifs is 2. The van der Waals surface area contributed by atoms with Gasteiger partial charge in [-0.1, -0.05) is 32.0 Å². The smallest absolute Gasteiger partial charge is 0.160 e. The molecule has 2 heterocycles. The molecule has 0 radical (unpaired) electrons. The minimum Gasteiger partial charge on any atom is -0.390 e. The van der Waals surface area contributed by atoms with Crippen LogP contribution in [-0.4, -0.2) is 57.1 Å². The quantitative estimate of drug-likeness (QED) is 0.662. The summed E-state index contributed by atoms with van der Waals surface area (Å²) in [6.45, 7) is 9.27. The first-order chi connectivity index (χ1) is 12.0. The summed E-state index contributed by atoms with van der Waals surface area (Å²) in [6.07, 6.45) is -0.432. The van der Waals surface area contributed by atoms with Gasteiger partial charge in [0.15, 0.2) is 5.65 Å². The molecule has 2 aromatic heterocycles. The van der Waals surface area contributed by atoms with Crippen LogP contribution in [0.1, 0.15) is 19.5 Å². The predicted octanol–water partition coefficient (Wildman–Crippen LogP) is 2.97. The topological polar surface area (TPSA) is 66.2 Å². The normalized spacial score (nSPS) is 12.5. The van der Waals surface area contributed by atoms with Crippen LogP contribution >= 0.6 is 12.4 Å². The molecule has 7 heteroatoms. The number of halogens is 1. The standard InChI is InChI=1S/C19H27N5O.ClH/c1-5-24(6-2)12-14(25)11-20-18-15-9-7-8-10-16(15)21-19-17(18)13(3)22-23(19)4;/h7-10,14,25H,5-6,11-12H2,1-4H3,(H,20,21);1H. The molecule has 1 unspecified atom stereocenters. The van der Waals surface area contributed by atoms with E-state index in [4.69, 9.17) is 4.98 Å². The lowest BCUT2D eigenvalue weighted by Gasteiger charge is -2.22. The third-order valence-electron chi connectivity index (χ3n) is 4.72. The van der Waals surface area contributed by atoms with Gasteiger partial charge in [0.2, 0.25) is 0 Å². The van der Waals surface area contributed by atoms with Crippen LogP contribution < -0.4 is 5.32 Å². The van der Waals surface area contributed by atoms with Gasteiger partial charge in [0.1, 0.15) is 0 Å². The lowest BCUT2D eigenvalue weighted by molar-refractivity contribution is 0.128. The molecule has 142 valence electrons. The lowest BCUT2D eigenvalue weighted by atomic mass is 10.1. The van der Waals surface area contributed by atoms with Crippen LogP contribution in [0.3, 0.4) is 0 Å². The Morgan fingerprint density at radius 3 is 2.62 bits per heavy atom. The molecule has 3 rings (SSSR count). The van der Waals surface area contributed by atoms with E-state index >= 15 is 0 Å². The monoisotopic (exact) mass is 377 g/mol. The van der Waals surface area contributed by atoms with Crippen LogP contribution in [0.2, 0.25) is 0 Å². The number of hydrogen-bond acceptors (Lipinski definition) is 5. The van der Waals surface area contributed by atoms with Crippen molar-refractivity contribution >= 4 is 40.0 Å². The van der Waals surface area contributed by atoms with Gasteiger partial charge < -0.3 is 15.3 Å². The Labute approximate surface area is 160 Å². The molecule has 0 fully saturated rings. The predicted molar refractivity (Wildman–Crippen MR) is 110 cm³/mol. The second-order valence-corrected chi connectivity index (χ2v) is 6.43. The first kappa shape index (κ1) is 20.4. The summed E-state index contributed by atoms with van der Waals surface area (Å²) in [4.78, 5) is 6.97. The fourth-order valence-corrected chi connectivity index (χ4v) is 3.35. The van der Waals surface area contributed by atoms with E-state index in [2.05, 4.69) is 35.2 Å². The van der Waals surface area contributed by atoms with E-state index in [1.807, 2.05) is 36.9 Å². The number of nitrogens with one attached hydrogen (secondary N) is 1. The number of aliphatic hydroxyl groups excluding tert-OH is 1. The average molecular weight is 378 g/mol. The second-order valence-electron chi connectivity index (χ2n) is 6.43. The van der Waals surface area contributed by atoms with Gasteiger partial charge in [-0.25, -0.2) is 4.98 Å². The Kier molecular flexibility index (Phi) is 6.81. The summed E-state index contributed by atoms with van der Waals surface area (Å²) < 4.78 is 1.81. The zero-order valence-electron chi connectivity index (χ0n) is 15.9. The average Bonchev–Trinajstić information content (AvgIpc) is 2.90. The largest absolute Gasteiger partial charge is 0.390 e. The van der Waals surface area contributed by atoms with E-state index in [0.29, 0.717) is 13.1 Å². The summed E-state index contributed by atoms with van der Waals surface area (Å²) >= 11 is 0. The highest BCUT2D eigenvalue weighted by atomic mass is 35.5. The highest BCUT2D eigenvalue weighted by Crippen LogP contribution is 2.32. The maximum atomic E-state index is 10.4. The maximum Gasteiger partial charge on any atom is 0.160 e. The highest BCUT2D eigenvalue weighted by molar-refractivity contribution is 6.07. The van der Waals surface area contributed by atoms with Crippen LogP contribution in [0.5, 0.6) is 0 Å². The van der Waals surface area contributed by atoms with Crippen molar-refractivity contribution in [2.75, 3.05) is 31.5 Å². The Hall–Kier alpha value is -1.89. The number of anilines is 1. The zero-order valence-corrected chi connectivity index (χ0v) is 16.7. The molecule has 1 atom stereocenters. The molecule has 0 saturated carbocycles. The number of aliphatic hydroxyl groups is 1. The molecule has 0 aliphatic heterocycles. The maximum absolute atomic E-state index is 10.4. The summed E-state index contributed by atoms with van der Waals surface area (Å²) in [6, 6.07) is 8.07. The van der Waals surface area contributed by atoms with Gasteiger partial charge in [0.25, 0.3) is 0 Å². The SMILES string of the molecule is CCN(CC)CC(O)CNc1c2ccccc2nc2c1c(C)nn2C.Cl. The van der Waals surface area contributed by atoms with Gasteiger partial charge in [0, 0.05) is 25.5 Å². The minimum absolute atomic E-state index is 0. The number of nitrogens with zero attached hydrogens (tertiary/aromatic N) is 4. The van der Waals surface area contributed by atoms with Gasteiger partial charge >= 0.3 is 0 Å². The van der Waals surface area contributed by atoms with Crippen LogP contribution in [0.4, 0.5) is 5.69 Å². The summed E-state index contributed by atoms with van der Waals surface area (Å²) in [5.74, 6) is 0. The molecular weight excluding hydrogens is 350 g/mol. The number of pyridine rings is 1. The molecule has 3 aromatic rings. The van der Waals surface area contributed by atoms with E-state index < -0.39 is 6.10 Å². The molecular formula is C19H28ClN5O. The van der Waals surface area contributed by atoms with Gasteiger partial charge in [-0.05, 0) is 26.1 Å². The molecule has 0 aliphatic rings. The van der Waals surface area contributed by atoms with Crippen molar-refractivity contribution in [3.8, 4) is 0 Å². The molecule has 0 bridgehead atoms. The Morgan fingerprint density at radius 2 is 1.92 bits per heavy atom. The number of aromatic nitrogens is 3. The number of aryl methyl sites for hydroxylation is 2. The molecule has 26 heavy (non-hydrogen) atoms. The first-order valence-electron chi connectivity index (χ1n) is 8.91. The number of likely N-dealkylation sites (N-methyl/N-ethyl adjacent to an activating group) is 1. The first-order valence-corrected chi connectivity index (χ1v) is 8.91. The van der Waals surface area contributed by atoms with E-state index in [1.165, 1.54) is 0 Å². The van der Waals surface area contributed by atoms with Gasteiger partial charge in [-0.3, -0.25) is 4.68 Å². The summed E-state index contributed by atoms with van der Waals surface area (Å²) in [5.41, 5.74) is 3.73. The van der Waals surface area contributed by atoms with Crippen molar-refractivity contribution in [2.24, 2.45) is 7.05 Å². The second kappa shape index (κ2) is 8.66. The molecule has 6 nitrogen and oxygen atoms in total. The van der Waals surface area contributed by atoms with Crippen LogP contribution in [0, 0.1) is 6.92 Å². The third kappa shape index (κ3) is 3.92. The third-order valence-corrected chi connectivity index (χ3v) is 4.72. The van der Waals surface area contributed by atoms with Crippen molar-refractivity contribution in [1.29, 1.82) is 0 Å². The van der Waals surface area contributed by atoms with Gasteiger partial charge in [-0.2, -0.15) is 5.10 Å². The zero-order chi connectivity index (χ0) is 18.0. The highest BCUT2D eigenvalue weighted by Gasteiger charge is 2.16. The molecule has 0 saturated heterocycles. The van der Waals surface area contributed by atoms with Crippen molar-refractivity contribution in [3.05, 3.63) is 30.0 Å². The van der Waals surface area contributed by atoms with Crippen molar-refractivity contribution in [2.45, 2.75) is 26.9 Å². The van der Waals surface area contributed by atoms with E-state index in [9.17, 15) is 5.11 Å².